The molecule has 1 aromatic carbocycles. The molecule has 3 rings (SSSR count). The highest BCUT2D eigenvalue weighted by Gasteiger charge is 2.20. The second kappa shape index (κ2) is 6.27. The minimum absolute atomic E-state index is 0.321. The lowest BCUT2D eigenvalue weighted by Gasteiger charge is -2.19. The predicted octanol–water partition coefficient (Wildman–Crippen LogP) is 3.19. The smallest absolute Gasteiger partial charge is 0.435 e. The lowest BCUT2D eigenvalue weighted by molar-refractivity contribution is 0.0523. The fourth-order valence-electron chi connectivity index (χ4n) is 2.13. The van der Waals surface area contributed by atoms with Crippen molar-refractivity contribution in [2.75, 3.05) is 0 Å². The number of carbonyl (C=O) groups is 1. The van der Waals surface area contributed by atoms with Gasteiger partial charge in [0.05, 0.1) is 11.7 Å². The van der Waals surface area contributed by atoms with Gasteiger partial charge in [0.25, 0.3) is 0 Å². The Kier molecular flexibility index (Phi) is 4.16. The Morgan fingerprint density at radius 1 is 1.21 bits per heavy atom. The van der Waals surface area contributed by atoms with E-state index in [1.54, 1.807) is 24.7 Å². The number of aromatic nitrogens is 4. The predicted molar refractivity (Wildman–Crippen MR) is 87.7 cm³/mol. The van der Waals surface area contributed by atoms with E-state index >= 15 is 0 Å². The second-order valence-electron chi connectivity index (χ2n) is 6.25. The van der Waals surface area contributed by atoms with Crippen LogP contribution >= 0.6 is 0 Å². The Bertz CT molecular complexity index is 853. The zero-order valence-electron chi connectivity index (χ0n) is 13.8. The van der Waals surface area contributed by atoms with Crippen molar-refractivity contribution in [3.8, 4) is 6.01 Å². The van der Waals surface area contributed by atoms with Crippen molar-refractivity contribution in [2.45, 2.75) is 33.0 Å². The summed E-state index contributed by atoms with van der Waals surface area (Å²) in [6.45, 7) is 5.78. The van der Waals surface area contributed by atoms with Gasteiger partial charge in [-0.15, -0.1) is 0 Å². The molecule has 0 bridgehead atoms. The largest absolute Gasteiger partial charge is 0.459 e. The third-order valence-corrected chi connectivity index (χ3v) is 3.11. The van der Waals surface area contributed by atoms with E-state index < -0.39 is 11.7 Å². The third kappa shape index (κ3) is 3.68. The highest BCUT2D eigenvalue weighted by Crippen LogP contribution is 2.18. The van der Waals surface area contributed by atoms with Crippen LogP contribution in [0.3, 0.4) is 0 Å². The van der Waals surface area contributed by atoms with Crippen molar-refractivity contribution in [2.24, 2.45) is 0 Å². The molecule has 2 aromatic heterocycles. The van der Waals surface area contributed by atoms with Gasteiger partial charge in [-0.25, -0.2) is 14.8 Å². The Labute approximate surface area is 139 Å². The molecule has 0 N–H and O–H groups in total. The molecule has 0 spiro atoms. The normalized spacial score (nSPS) is 11.5. The molecule has 0 saturated carbocycles. The second-order valence-corrected chi connectivity index (χ2v) is 6.25. The molecule has 0 aliphatic rings. The Morgan fingerprint density at radius 3 is 2.67 bits per heavy atom. The molecule has 2 heterocycles. The van der Waals surface area contributed by atoms with E-state index in [0.29, 0.717) is 18.1 Å². The fourth-order valence-corrected chi connectivity index (χ4v) is 2.13. The highest BCUT2D eigenvalue weighted by molar-refractivity contribution is 5.88. The van der Waals surface area contributed by atoms with Gasteiger partial charge in [0, 0.05) is 17.8 Å². The van der Waals surface area contributed by atoms with Gasteiger partial charge in [-0.3, -0.25) is 0 Å². The lowest BCUT2D eigenvalue weighted by atomic mass is 10.2. The first kappa shape index (κ1) is 15.9. The summed E-state index contributed by atoms with van der Waals surface area (Å²) in [4.78, 5) is 20.2. The van der Waals surface area contributed by atoms with Gasteiger partial charge in [0.15, 0.2) is 0 Å². The van der Waals surface area contributed by atoms with Crippen LogP contribution in [0.4, 0.5) is 4.79 Å². The summed E-state index contributed by atoms with van der Waals surface area (Å²) in [7, 11) is 0. The summed E-state index contributed by atoms with van der Waals surface area (Å²) in [5, 5.41) is 4.94. The first-order valence-electron chi connectivity index (χ1n) is 7.52. The van der Waals surface area contributed by atoms with Gasteiger partial charge in [0.2, 0.25) is 0 Å². The molecule has 0 aliphatic carbocycles. The average molecular weight is 326 g/mol. The molecular weight excluding hydrogens is 308 g/mol. The summed E-state index contributed by atoms with van der Waals surface area (Å²) in [5.74, 6) is 0. The SMILES string of the molecule is CC(C)(C)OC(=O)n1ncc2cc(COc3ncccn3)ccc21. The summed E-state index contributed by atoms with van der Waals surface area (Å²) in [6, 6.07) is 7.64. The zero-order valence-corrected chi connectivity index (χ0v) is 13.8. The number of rotatable bonds is 3. The van der Waals surface area contributed by atoms with Crippen LogP contribution in [-0.4, -0.2) is 31.4 Å². The standard InChI is InChI=1S/C17H18N4O3/c1-17(2,3)24-16(22)21-14-6-5-12(9-13(14)10-20-21)11-23-15-18-7-4-8-19-15/h4-10H,11H2,1-3H3. The molecule has 0 atom stereocenters. The molecule has 0 radical (unpaired) electrons. The van der Waals surface area contributed by atoms with Gasteiger partial charge in [-0.2, -0.15) is 9.78 Å². The Balaban J connectivity index is 1.77. The zero-order chi connectivity index (χ0) is 17.2. The van der Waals surface area contributed by atoms with Crippen LogP contribution in [0.1, 0.15) is 26.3 Å². The topological polar surface area (TPSA) is 79.1 Å². The molecule has 3 aromatic rings. The molecule has 0 saturated heterocycles. The summed E-state index contributed by atoms with van der Waals surface area (Å²) in [5.41, 5.74) is 1.04. The maximum Gasteiger partial charge on any atom is 0.435 e. The van der Waals surface area contributed by atoms with Crippen molar-refractivity contribution >= 4 is 17.0 Å². The van der Waals surface area contributed by atoms with Crippen LogP contribution in [0.15, 0.2) is 42.9 Å². The van der Waals surface area contributed by atoms with Gasteiger partial charge >= 0.3 is 12.1 Å². The fraction of sp³-hybridized carbons (Fsp3) is 0.294. The minimum atomic E-state index is -0.571. The van der Waals surface area contributed by atoms with Gasteiger partial charge in [-0.1, -0.05) is 6.07 Å². The van der Waals surface area contributed by atoms with Gasteiger partial charge < -0.3 is 9.47 Å². The maximum absolute atomic E-state index is 12.2. The van der Waals surface area contributed by atoms with Crippen LogP contribution < -0.4 is 4.74 Å². The number of ether oxygens (including phenoxy) is 2. The number of nitrogens with zero attached hydrogens (tertiary/aromatic N) is 4. The van der Waals surface area contributed by atoms with Gasteiger partial charge in [-0.05, 0) is 44.5 Å². The molecule has 124 valence electrons. The highest BCUT2D eigenvalue weighted by atomic mass is 16.6. The number of carbonyl (C=O) groups excluding carboxylic acids is 1. The van der Waals surface area contributed by atoms with Crippen LogP contribution in [0.5, 0.6) is 6.01 Å². The van der Waals surface area contributed by atoms with Crippen molar-refractivity contribution in [1.82, 2.24) is 19.7 Å². The van der Waals surface area contributed by atoms with E-state index in [4.69, 9.17) is 9.47 Å². The third-order valence-electron chi connectivity index (χ3n) is 3.11. The van der Waals surface area contributed by atoms with Gasteiger partial charge in [0.1, 0.15) is 12.2 Å². The van der Waals surface area contributed by atoms with E-state index in [1.165, 1.54) is 4.68 Å². The van der Waals surface area contributed by atoms with E-state index in [0.717, 1.165) is 10.9 Å². The van der Waals surface area contributed by atoms with Crippen molar-refractivity contribution in [1.29, 1.82) is 0 Å². The quantitative estimate of drug-likeness (QED) is 0.735. The first-order valence-corrected chi connectivity index (χ1v) is 7.52. The van der Waals surface area contributed by atoms with Crippen LogP contribution in [0.25, 0.3) is 10.9 Å². The van der Waals surface area contributed by atoms with E-state index in [2.05, 4.69) is 15.1 Å². The van der Waals surface area contributed by atoms with E-state index in [-0.39, 0.29) is 0 Å². The number of hydrogen-bond acceptors (Lipinski definition) is 6. The van der Waals surface area contributed by atoms with E-state index in [9.17, 15) is 4.79 Å². The monoisotopic (exact) mass is 326 g/mol. The Hall–Kier alpha value is -2.96. The van der Waals surface area contributed by atoms with Crippen LogP contribution in [-0.2, 0) is 11.3 Å². The molecular formula is C17H18N4O3. The molecule has 0 aliphatic heterocycles. The average Bonchev–Trinajstić information content (AvgIpc) is 2.95. The van der Waals surface area contributed by atoms with Crippen molar-refractivity contribution in [3.63, 3.8) is 0 Å². The molecule has 7 nitrogen and oxygen atoms in total. The van der Waals surface area contributed by atoms with Crippen molar-refractivity contribution in [3.05, 3.63) is 48.4 Å². The van der Waals surface area contributed by atoms with Crippen LogP contribution in [0.2, 0.25) is 0 Å². The minimum Gasteiger partial charge on any atom is -0.459 e. The molecule has 7 heteroatoms. The molecule has 0 unspecified atom stereocenters. The van der Waals surface area contributed by atoms with Crippen LogP contribution in [0, 0.1) is 0 Å². The molecule has 24 heavy (non-hydrogen) atoms. The number of fused-ring (bicyclic) bond motifs is 1. The summed E-state index contributed by atoms with van der Waals surface area (Å²) < 4.78 is 12.1. The molecule has 0 fully saturated rings. The lowest BCUT2D eigenvalue weighted by Crippen LogP contribution is -2.27. The van der Waals surface area contributed by atoms with Crippen molar-refractivity contribution < 1.29 is 14.3 Å². The number of hydrogen-bond donors (Lipinski definition) is 0. The summed E-state index contributed by atoms with van der Waals surface area (Å²) >= 11 is 0. The Morgan fingerprint density at radius 2 is 1.96 bits per heavy atom. The maximum atomic E-state index is 12.2. The van der Waals surface area contributed by atoms with E-state index in [1.807, 2.05) is 39.0 Å². The number of benzene rings is 1. The first-order chi connectivity index (χ1) is 11.4. The molecule has 0 amide bonds. The summed E-state index contributed by atoms with van der Waals surface area (Å²) in [6.07, 6.45) is 4.37.